The Morgan fingerprint density at radius 1 is 1.09 bits per heavy atom. The molecule has 5 nitrogen and oxygen atoms in total. The Labute approximate surface area is 206 Å². The second-order valence-electron chi connectivity index (χ2n) is 7.73. The number of nitrogens with one attached hydrogen (secondary N) is 1. The van der Waals surface area contributed by atoms with Crippen molar-refractivity contribution in [1.29, 1.82) is 0 Å². The number of aryl methyl sites for hydroxylation is 1. The van der Waals surface area contributed by atoms with E-state index < -0.39 is 0 Å². The number of benzene rings is 2. The number of anilines is 1. The van der Waals surface area contributed by atoms with Crippen LogP contribution in [0.15, 0.2) is 81.2 Å². The van der Waals surface area contributed by atoms with Gasteiger partial charge in [-0.3, -0.25) is 4.90 Å². The number of thioether (sulfide) groups is 1. The zero-order chi connectivity index (χ0) is 22.9. The van der Waals surface area contributed by atoms with E-state index in [1.165, 1.54) is 4.90 Å². The van der Waals surface area contributed by atoms with E-state index in [4.69, 9.17) is 21.7 Å². The summed E-state index contributed by atoms with van der Waals surface area (Å²) in [4.78, 5) is 8.99. The highest BCUT2D eigenvalue weighted by molar-refractivity contribution is 7.98. The van der Waals surface area contributed by atoms with E-state index in [2.05, 4.69) is 73.0 Å². The van der Waals surface area contributed by atoms with Gasteiger partial charge in [-0.1, -0.05) is 35.5 Å². The number of hydrogen-bond acceptors (Lipinski definition) is 6. The lowest BCUT2D eigenvalue weighted by molar-refractivity contribution is 0.404. The smallest absolute Gasteiger partial charge is 0.258 e. The highest BCUT2D eigenvalue weighted by Crippen LogP contribution is 2.39. The van der Waals surface area contributed by atoms with Gasteiger partial charge in [0.25, 0.3) is 5.89 Å². The molecule has 3 heterocycles. The predicted molar refractivity (Wildman–Crippen MR) is 141 cm³/mol. The fraction of sp³-hybridized carbons (Fsp3) is 0.160. The van der Waals surface area contributed by atoms with Crippen molar-refractivity contribution in [3.63, 3.8) is 0 Å². The maximum absolute atomic E-state index is 5.84. The number of hydrogen-bond donors (Lipinski definition) is 1. The number of allylic oxidation sites excluding steroid dienone is 1. The van der Waals surface area contributed by atoms with Gasteiger partial charge < -0.3 is 9.84 Å². The summed E-state index contributed by atoms with van der Waals surface area (Å²) in [7, 11) is 0. The van der Waals surface area contributed by atoms with Crippen LogP contribution in [0.1, 0.15) is 30.0 Å². The van der Waals surface area contributed by atoms with Gasteiger partial charge in [-0.25, -0.2) is 0 Å². The summed E-state index contributed by atoms with van der Waals surface area (Å²) in [6, 6.07) is 20.5. The van der Waals surface area contributed by atoms with Crippen LogP contribution in [-0.2, 0) is 0 Å². The Kier molecular flexibility index (Phi) is 6.05. The predicted octanol–water partition coefficient (Wildman–Crippen LogP) is 6.70. The van der Waals surface area contributed by atoms with Crippen molar-refractivity contribution >= 4 is 51.7 Å². The minimum Gasteiger partial charge on any atom is -0.351 e. The molecule has 166 valence electrons. The number of rotatable bonds is 5. The Hall–Kier alpha value is -2.94. The van der Waals surface area contributed by atoms with Crippen molar-refractivity contribution in [2.75, 3.05) is 11.2 Å². The summed E-state index contributed by atoms with van der Waals surface area (Å²) in [5.41, 5.74) is 5.13. The summed E-state index contributed by atoms with van der Waals surface area (Å²) < 4.78 is 5.81. The Morgan fingerprint density at radius 3 is 2.61 bits per heavy atom. The molecular weight excluding hydrogens is 469 g/mol. The van der Waals surface area contributed by atoms with Crippen molar-refractivity contribution in [2.45, 2.75) is 24.8 Å². The summed E-state index contributed by atoms with van der Waals surface area (Å²) >= 11 is 9.14. The monoisotopic (exact) mass is 490 g/mol. The molecule has 1 N–H and O–H groups in total. The van der Waals surface area contributed by atoms with Crippen LogP contribution in [-0.4, -0.2) is 21.5 Å². The van der Waals surface area contributed by atoms with Crippen molar-refractivity contribution in [3.8, 4) is 10.7 Å². The molecule has 8 heteroatoms. The van der Waals surface area contributed by atoms with Crippen LogP contribution in [0.3, 0.4) is 0 Å². The van der Waals surface area contributed by atoms with Gasteiger partial charge in [-0.05, 0) is 79.2 Å². The van der Waals surface area contributed by atoms with Crippen molar-refractivity contribution in [1.82, 2.24) is 15.5 Å². The number of nitrogens with zero attached hydrogens (tertiary/aromatic N) is 3. The van der Waals surface area contributed by atoms with Gasteiger partial charge in [-0.2, -0.15) is 4.98 Å². The molecule has 0 saturated heterocycles. The van der Waals surface area contributed by atoms with Gasteiger partial charge in [0.15, 0.2) is 5.11 Å². The molecule has 2 aromatic heterocycles. The second kappa shape index (κ2) is 9.13. The fourth-order valence-electron chi connectivity index (χ4n) is 3.98. The third-order valence-corrected chi connectivity index (χ3v) is 7.50. The van der Waals surface area contributed by atoms with Crippen LogP contribution in [0.25, 0.3) is 16.3 Å². The molecule has 1 unspecified atom stereocenters. The zero-order valence-corrected chi connectivity index (χ0v) is 20.9. The third-order valence-electron chi connectivity index (χ3n) is 5.59. The lowest BCUT2D eigenvalue weighted by Gasteiger charge is -2.37. The average Bonchev–Trinajstić information content (AvgIpc) is 3.51. The molecule has 4 aromatic rings. The molecule has 0 aliphatic carbocycles. The number of thiocarbonyl (C=S) groups is 1. The fourth-order valence-corrected chi connectivity index (χ4v) is 5.40. The molecule has 0 spiro atoms. The summed E-state index contributed by atoms with van der Waals surface area (Å²) in [5, 5.41) is 10.4. The van der Waals surface area contributed by atoms with Gasteiger partial charge in [0.05, 0.1) is 16.5 Å². The molecule has 0 radical (unpaired) electrons. The minimum atomic E-state index is -0.203. The van der Waals surface area contributed by atoms with Crippen molar-refractivity contribution in [3.05, 3.63) is 88.8 Å². The molecule has 0 fully saturated rings. The lowest BCUT2D eigenvalue weighted by Crippen LogP contribution is -2.46. The van der Waals surface area contributed by atoms with E-state index >= 15 is 0 Å². The van der Waals surface area contributed by atoms with Crippen LogP contribution in [0.4, 0.5) is 5.69 Å². The van der Waals surface area contributed by atoms with Crippen molar-refractivity contribution in [2.24, 2.45) is 0 Å². The Morgan fingerprint density at radius 2 is 1.91 bits per heavy atom. The summed E-state index contributed by atoms with van der Waals surface area (Å²) in [6.45, 7) is 4.13. The van der Waals surface area contributed by atoms with E-state index in [0.717, 1.165) is 33.0 Å². The Bertz CT molecular complexity index is 1330. The second-order valence-corrected chi connectivity index (χ2v) is 9.94. The topological polar surface area (TPSA) is 54.2 Å². The maximum Gasteiger partial charge on any atom is 0.258 e. The third kappa shape index (κ3) is 4.21. The van der Waals surface area contributed by atoms with Gasteiger partial charge in [0.2, 0.25) is 5.82 Å². The lowest BCUT2D eigenvalue weighted by atomic mass is 9.94. The molecule has 1 aliphatic rings. The normalized spacial score (nSPS) is 16.3. The number of thiophene rings is 1. The van der Waals surface area contributed by atoms with Crippen molar-refractivity contribution < 1.29 is 4.52 Å². The molecule has 2 aromatic carbocycles. The van der Waals surface area contributed by atoms with Crippen LogP contribution < -0.4 is 10.2 Å². The first-order valence-electron chi connectivity index (χ1n) is 10.4. The number of aromatic nitrogens is 2. The minimum absolute atomic E-state index is 0.203. The summed E-state index contributed by atoms with van der Waals surface area (Å²) in [6.07, 6.45) is 2.07. The first-order valence-corrected chi connectivity index (χ1v) is 13.0. The van der Waals surface area contributed by atoms with E-state index in [1.807, 2.05) is 28.5 Å². The zero-order valence-electron chi connectivity index (χ0n) is 18.4. The average molecular weight is 491 g/mol. The summed E-state index contributed by atoms with van der Waals surface area (Å²) in [5.74, 6) is 1.08. The molecule has 1 atom stereocenters. The molecular formula is C25H22N4OS3. The molecule has 0 saturated carbocycles. The first kappa shape index (κ1) is 21.9. The van der Waals surface area contributed by atoms with Gasteiger partial charge >= 0.3 is 0 Å². The van der Waals surface area contributed by atoms with Gasteiger partial charge in [-0.15, -0.1) is 23.1 Å². The molecule has 33 heavy (non-hydrogen) atoms. The van der Waals surface area contributed by atoms with Crippen LogP contribution in [0.5, 0.6) is 0 Å². The molecule has 0 amide bonds. The van der Waals surface area contributed by atoms with E-state index in [1.54, 1.807) is 23.1 Å². The first-order chi connectivity index (χ1) is 16.0. The SMILES string of the molecule is CSc1ccc(C2NC(=S)N(c3cccc(C)c3)C(C)=C2c2nc(-c3cccs3)no2)cc1. The van der Waals surface area contributed by atoms with E-state index in [-0.39, 0.29) is 6.04 Å². The largest absolute Gasteiger partial charge is 0.351 e. The van der Waals surface area contributed by atoms with E-state index in [9.17, 15) is 0 Å². The van der Waals surface area contributed by atoms with E-state index in [0.29, 0.717) is 16.8 Å². The van der Waals surface area contributed by atoms with Crippen LogP contribution in [0, 0.1) is 6.92 Å². The highest BCUT2D eigenvalue weighted by Gasteiger charge is 2.34. The van der Waals surface area contributed by atoms with Crippen LogP contribution >= 0.6 is 35.3 Å². The van der Waals surface area contributed by atoms with Crippen LogP contribution in [0.2, 0.25) is 0 Å². The van der Waals surface area contributed by atoms with Gasteiger partial charge in [0.1, 0.15) is 0 Å². The maximum atomic E-state index is 5.84. The highest BCUT2D eigenvalue weighted by atomic mass is 32.2. The Balaban J connectivity index is 1.65. The molecule has 5 rings (SSSR count). The standard InChI is InChI=1S/C25H22N4OS3/c1-15-6-4-7-18(14-15)29-16(2)21(24-27-23(28-30-24)20-8-5-13-33-20)22(26-25(29)31)17-9-11-19(32-3)12-10-17/h4-14,22H,1-3H3,(H,26,31). The molecule has 0 bridgehead atoms. The molecule has 1 aliphatic heterocycles. The van der Waals surface area contributed by atoms with Gasteiger partial charge in [0, 0.05) is 16.3 Å². The quantitative estimate of drug-likeness (QED) is 0.247.